The van der Waals surface area contributed by atoms with Gasteiger partial charge in [-0.3, -0.25) is 9.59 Å². The number of likely N-dealkylation sites (tertiary alicyclic amines) is 1. The van der Waals surface area contributed by atoms with Gasteiger partial charge in [-0.1, -0.05) is 23.9 Å². The summed E-state index contributed by atoms with van der Waals surface area (Å²) in [4.78, 5) is 30.5. The van der Waals surface area contributed by atoms with E-state index in [4.69, 9.17) is 0 Å². The average molecular weight is 387 g/mol. The molecule has 5 nitrogen and oxygen atoms in total. The third kappa shape index (κ3) is 5.29. The number of benzene rings is 1. The Kier molecular flexibility index (Phi) is 6.45. The van der Waals surface area contributed by atoms with Crippen molar-refractivity contribution in [3.05, 3.63) is 59.5 Å². The van der Waals surface area contributed by atoms with Crippen LogP contribution in [-0.4, -0.2) is 40.5 Å². The van der Waals surface area contributed by atoms with Crippen molar-refractivity contribution in [2.75, 3.05) is 18.8 Å². The van der Waals surface area contributed by atoms with E-state index in [-0.39, 0.29) is 29.4 Å². The van der Waals surface area contributed by atoms with Crippen molar-refractivity contribution in [3.63, 3.8) is 0 Å². The number of pyridine rings is 1. The van der Waals surface area contributed by atoms with Gasteiger partial charge < -0.3 is 10.2 Å². The molecule has 2 amide bonds. The van der Waals surface area contributed by atoms with E-state index in [1.807, 2.05) is 11.8 Å². The zero-order chi connectivity index (χ0) is 19.2. The second kappa shape index (κ2) is 8.99. The minimum atomic E-state index is -0.300. The molecule has 27 heavy (non-hydrogen) atoms. The molecule has 1 atom stereocenters. The first-order valence-electron chi connectivity index (χ1n) is 8.96. The van der Waals surface area contributed by atoms with Gasteiger partial charge in [0.2, 0.25) is 5.91 Å². The molecule has 1 fully saturated rings. The van der Waals surface area contributed by atoms with Crippen molar-refractivity contribution in [1.82, 2.24) is 15.2 Å². The normalized spacial score (nSPS) is 14.8. The van der Waals surface area contributed by atoms with E-state index >= 15 is 0 Å². The molecule has 7 heteroatoms. The van der Waals surface area contributed by atoms with Crippen LogP contribution in [0.15, 0.2) is 47.6 Å². The van der Waals surface area contributed by atoms with E-state index in [0.717, 1.165) is 31.5 Å². The maximum atomic E-state index is 13.0. The Balaban J connectivity index is 1.48. The number of halogens is 1. The minimum Gasteiger partial charge on any atom is -0.349 e. The quantitative estimate of drug-likeness (QED) is 0.772. The fourth-order valence-electron chi connectivity index (χ4n) is 2.95. The number of thioether (sulfide) groups is 1. The highest BCUT2D eigenvalue weighted by molar-refractivity contribution is 7.99. The molecule has 1 aromatic heterocycles. The molecule has 1 aliphatic heterocycles. The predicted octanol–water partition coefficient (Wildman–Crippen LogP) is 3.43. The van der Waals surface area contributed by atoms with Crippen LogP contribution in [0.3, 0.4) is 0 Å². The van der Waals surface area contributed by atoms with Crippen LogP contribution in [0.5, 0.6) is 0 Å². The number of nitrogens with one attached hydrogen (secondary N) is 1. The molecule has 0 radical (unpaired) electrons. The lowest BCUT2D eigenvalue weighted by Crippen LogP contribution is -2.28. The van der Waals surface area contributed by atoms with Gasteiger partial charge in [0.15, 0.2) is 0 Å². The fourth-order valence-corrected chi connectivity index (χ4v) is 3.61. The molecule has 1 aromatic carbocycles. The van der Waals surface area contributed by atoms with Gasteiger partial charge in [-0.05, 0) is 49.6 Å². The van der Waals surface area contributed by atoms with Gasteiger partial charge in [0.1, 0.15) is 5.82 Å². The third-order valence-electron chi connectivity index (χ3n) is 4.48. The van der Waals surface area contributed by atoms with Crippen molar-refractivity contribution < 1.29 is 14.0 Å². The summed E-state index contributed by atoms with van der Waals surface area (Å²) in [6, 6.07) is 9.39. The van der Waals surface area contributed by atoms with Crippen molar-refractivity contribution >= 4 is 23.6 Å². The van der Waals surface area contributed by atoms with Crippen LogP contribution in [0.25, 0.3) is 0 Å². The number of amides is 2. The molecule has 2 heterocycles. The van der Waals surface area contributed by atoms with Crippen LogP contribution in [0, 0.1) is 5.82 Å². The molecule has 2 aromatic rings. The molecule has 0 saturated carbocycles. The molecule has 1 aliphatic rings. The zero-order valence-corrected chi connectivity index (χ0v) is 16.0. The summed E-state index contributed by atoms with van der Waals surface area (Å²) in [5.41, 5.74) is 1.42. The van der Waals surface area contributed by atoms with E-state index in [1.54, 1.807) is 30.5 Å². The van der Waals surface area contributed by atoms with E-state index < -0.39 is 0 Å². The lowest BCUT2D eigenvalue weighted by atomic mass is 10.1. The van der Waals surface area contributed by atoms with Crippen LogP contribution in [-0.2, 0) is 4.79 Å². The Morgan fingerprint density at radius 2 is 1.89 bits per heavy atom. The smallest absolute Gasteiger partial charge is 0.255 e. The molecule has 142 valence electrons. The highest BCUT2D eigenvalue weighted by atomic mass is 32.2. The number of carbonyl (C=O) groups excluding carboxylic acids is 2. The maximum absolute atomic E-state index is 13.0. The summed E-state index contributed by atoms with van der Waals surface area (Å²) in [6.45, 7) is 3.47. The van der Waals surface area contributed by atoms with E-state index in [2.05, 4.69) is 10.3 Å². The number of aromatic nitrogens is 1. The molecule has 0 aliphatic carbocycles. The van der Waals surface area contributed by atoms with E-state index in [1.165, 1.54) is 23.9 Å². The molecule has 1 saturated heterocycles. The summed E-state index contributed by atoms with van der Waals surface area (Å²) in [5, 5.41) is 3.57. The lowest BCUT2D eigenvalue weighted by molar-refractivity contribution is -0.119. The van der Waals surface area contributed by atoms with Crippen molar-refractivity contribution in [2.45, 2.75) is 30.8 Å². The summed E-state index contributed by atoms with van der Waals surface area (Å²) in [7, 11) is 0. The molecule has 3 rings (SSSR count). The van der Waals surface area contributed by atoms with Crippen LogP contribution in [0.4, 0.5) is 4.39 Å². The first-order valence-corrected chi connectivity index (χ1v) is 9.94. The van der Waals surface area contributed by atoms with Gasteiger partial charge in [0.05, 0.1) is 22.4 Å². The molecule has 0 bridgehead atoms. The summed E-state index contributed by atoms with van der Waals surface area (Å²) >= 11 is 1.31. The second-order valence-electron chi connectivity index (χ2n) is 6.51. The number of hydrogen-bond donors (Lipinski definition) is 1. The van der Waals surface area contributed by atoms with Crippen LogP contribution >= 0.6 is 11.8 Å². The van der Waals surface area contributed by atoms with E-state index in [9.17, 15) is 14.0 Å². The van der Waals surface area contributed by atoms with Gasteiger partial charge >= 0.3 is 0 Å². The Morgan fingerprint density at radius 1 is 1.19 bits per heavy atom. The number of hydrogen-bond acceptors (Lipinski definition) is 4. The summed E-state index contributed by atoms with van der Waals surface area (Å²) in [5.74, 6) is -0.193. The third-order valence-corrected chi connectivity index (χ3v) is 5.42. The van der Waals surface area contributed by atoms with Gasteiger partial charge in [0, 0.05) is 19.3 Å². The number of carbonyl (C=O) groups is 2. The van der Waals surface area contributed by atoms with E-state index in [0.29, 0.717) is 10.6 Å². The van der Waals surface area contributed by atoms with Gasteiger partial charge in [-0.15, -0.1) is 0 Å². The monoisotopic (exact) mass is 387 g/mol. The predicted molar refractivity (Wildman–Crippen MR) is 103 cm³/mol. The summed E-state index contributed by atoms with van der Waals surface area (Å²) < 4.78 is 13.0. The van der Waals surface area contributed by atoms with Crippen LogP contribution < -0.4 is 5.32 Å². The van der Waals surface area contributed by atoms with Crippen molar-refractivity contribution in [3.8, 4) is 0 Å². The number of nitrogens with zero attached hydrogens (tertiary/aromatic N) is 2. The van der Waals surface area contributed by atoms with Crippen LogP contribution in [0.2, 0.25) is 0 Å². The van der Waals surface area contributed by atoms with Crippen molar-refractivity contribution in [1.29, 1.82) is 0 Å². The van der Waals surface area contributed by atoms with Gasteiger partial charge in [-0.2, -0.15) is 0 Å². The lowest BCUT2D eigenvalue weighted by Gasteiger charge is -2.15. The summed E-state index contributed by atoms with van der Waals surface area (Å²) in [6.07, 6.45) is 3.68. The highest BCUT2D eigenvalue weighted by Crippen LogP contribution is 2.18. The van der Waals surface area contributed by atoms with Crippen molar-refractivity contribution in [2.24, 2.45) is 0 Å². The van der Waals surface area contributed by atoms with Gasteiger partial charge in [0.25, 0.3) is 5.91 Å². The fraction of sp³-hybridized carbons (Fsp3) is 0.350. The zero-order valence-electron chi connectivity index (χ0n) is 15.2. The Bertz CT molecular complexity index is 790. The molecule has 1 N–H and O–H groups in total. The Morgan fingerprint density at radius 3 is 2.52 bits per heavy atom. The van der Waals surface area contributed by atoms with Crippen LogP contribution in [0.1, 0.15) is 41.7 Å². The Labute approximate surface area is 162 Å². The average Bonchev–Trinajstić information content (AvgIpc) is 3.21. The molecule has 1 unspecified atom stereocenters. The molecular weight excluding hydrogens is 365 g/mol. The SMILES string of the molecule is CC(NC(=O)CSc1ccc(C(=O)N2CCCC2)cn1)c1ccc(F)cc1. The number of rotatable bonds is 6. The molecule has 0 spiro atoms. The maximum Gasteiger partial charge on any atom is 0.255 e. The topological polar surface area (TPSA) is 62.3 Å². The second-order valence-corrected chi connectivity index (χ2v) is 7.51. The van der Waals surface area contributed by atoms with Gasteiger partial charge in [-0.25, -0.2) is 9.37 Å². The Hall–Kier alpha value is -2.41. The highest BCUT2D eigenvalue weighted by Gasteiger charge is 2.19. The molecular formula is C20H22FN3O2S. The largest absolute Gasteiger partial charge is 0.349 e. The first kappa shape index (κ1) is 19.4. The standard InChI is InChI=1S/C20H22FN3O2S/c1-14(15-4-7-17(21)8-5-15)23-18(25)13-27-19-9-6-16(12-22-19)20(26)24-10-2-3-11-24/h4-9,12,14H,2-3,10-11,13H2,1H3,(H,23,25). The first-order chi connectivity index (χ1) is 13.0. The minimum absolute atomic E-state index is 0.0161.